The third-order valence-corrected chi connectivity index (χ3v) is 4.41. The van der Waals surface area contributed by atoms with E-state index in [1.165, 1.54) is 30.5 Å². The topological polar surface area (TPSA) is 62.5 Å². The Bertz CT molecular complexity index is 1280. The maximum atomic E-state index is 14.5. The molecular formula is C21H10F4N4. The van der Waals surface area contributed by atoms with Crippen LogP contribution in [0.15, 0.2) is 60.8 Å². The van der Waals surface area contributed by atoms with E-state index in [9.17, 15) is 22.8 Å². The molecule has 4 nitrogen and oxygen atoms in total. The van der Waals surface area contributed by atoms with Crippen LogP contribution in [0.4, 0.5) is 17.6 Å². The minimum absolute atomic E-state index is 0.166. The predicted octanol–water partition coefficient (Wildman–Crippen LogP) is 5.39. The van der Waals surface area contributed by atoms with E-state index in [1.54, 1.807) is 24.3 Å². The zero-order valence-corrected chi connectivity index (χ0v) is 14.6. The molecule has 0 amide bonds. The summed E-state index contributed by atoms with van der Waals surface area (Å²) >= 11 is 0. The van der Waals surface area contributed by atoms with Crippen LogP contribution in [-0.4, -0.2) is 15.2 Å². The number of halogens is 4. The highest BCUT2D eigenvalue weighted by Crippen LogP contribution is 2.34. The Morgan fingerprint density at radius 1 is 0.897 bits per heavy atom. The van der Waals surface area contributed by atoms with E-state index in [1.807, 2.05) is 6.07 Å². The van der Waals surface area contributed by atoms with Crippen molar-refractivity contribution in [2.45, 2.75) is 6.18 Å². The first-order valence-corrected chi connectivity index (χ1v) is 8.37. The van der Waals surface area contributed by atoms with Gasteiger partial charge in [-0.25, -0.2) is 9.37 Å². The van der Waals surface area contributed by atoms with Gasteiger partial charge < -0.3 is 0 Å². The number of nitriles is 1. The van der Waals surface area contributed by atoms with Gasteiger partial charge in [0.05, 0.1) is 17.8 Å². The fourth-order valence-electron chi connectivity index (χ4n) is 3.05. The van der Waals surface area contributed by atoms with Crippen molar-refractivity contribution in [1.82, 2.24) is 15.2 Å². The summed E-state index contributed by atoms with van der Waals surface area (Å²) in [7, 11) is 0. The minimum atomic E-state index is -4.60. The summed E-state index contributed by atoms with van der Waals surface area (Å²) in [6.07, 6.45) is -3.22. The van der Waals surface area contributed by atoms with Crippen molar-refractivity contribution in [3.05, 3.63) is 77.9 Å². The Hall–Kier alpha value is -3.86. The second-order valence-electron chi connectivity index (χ2n) is 6.18. The summed E-state index contributed by atoms with van der Waals surface area (Å²) < 4.78 is 53.3. The van der Waals surface area contributed by atoms with E-state index in [-0.39, 0.29) is 11.2 Å². The van der Waals surface area contributed by atoms with E-state index in [0.29, 0.717) is 27.6 Å². The Morgan fingerprint density at radius 2 is 1.69 bits per heavy atom. The highest BCUT2D eigenvalue weighted by molar-refractivity contribution is 5.93. The predicted molar refractivity (Wildman–Crippen MR) is 97.9 cm³/mol. The Morgan fingerprint density at radius 3 is 2.45 bits per heavy atom. The van der Waals surface area contributed by atoms with Crippen LogP contribution in [0.1, 0.15) is 11.3 Å². The summed E-state index contributed by atoms with van der Waals surface area (Å²) in [4.78, 5) is 3.54. The second kappa shape index (κ2) is 6.95. The van der Waals surface area contributed by atoms with Gasteiger partial charge in [0, 0.05) is 22.1 Å². The van der Waals surface area contributed by atoms with Crippen molar-refractivity contribution >= 4 is 11.0 Å². The number of pyridine rings is 1. The number of rotatable bonds is 2. The van der Waals surface area contributed by atoms with Gasteiger partial charge in [0.2, 0.25) is 0 Å². The second-order valence-corrected chi connectivity index (χ2v) is 6.18. The van der Waals surface area contributed by atoms with Crippen LogP contribution in [0.5, 0.6) is 0 Å². The fourth-order valence-corrected chi connectivity index (χ4v) is 3.05. The fraction of sp³-hybridized carbons (Fsp3) is 0.0476. The largest absolute Gasteiger partial charge is 0.433 e. The average Bonchev–Trinajstić information content (AvgIpc) is 2.72. The van der Waals surface area contributed by atoms with Crippen molar-refractivity contribution in [2.75, 3.05) is 0 Å². The quantitative estimate of drug-likeness (QED) is 0.428. The molecule has 8 heteroatoms. The van der Waals surface area contributed by atoms with Gasteiger partial charge >= 0.3 is 6.18 Å². The van der Waals surface area contributed by atoms with Crippen LogP contribution in [0, 0.1) is 17.1 Å². The minimum Gasteiger partial charge on any atom is -0.222 e. The van der Waals surface area contributed by atoms with Crippen molar-refractivity contribution in [3.8, 4) is 28.3 Å². The average molecular weight is 394 g/mol. The van der Waals surface area contributed by atoms with Crippen LogP contribution in [0.2, 0.25) is 0 Å². The van der Waals surface area contributed by atoms with Gasteiger partial charge in [-0.3, -0.25) is 0 Å². The molecule has 0 radical (unpaired) electrons. The summed E-state index contributed by atoms with van der Waals surface area (Å²) in [6, 6.07) is 15.0. The zero-order valence-electron chi connectivity index (χ0n) is 14.6. The molecule has 0 bridgehead atoms. The highest BCUT2D eigenvalue weighted by atomic mass is 19.4. The summed E-state index contributed by atoms with van der Waals surface area (Å²) in [5, 5.41) is 17.1. The third-order valence-electron chi connectivity index (χ3n) is 4.41. The smallest absolute Gasteiger partial charge is 0.222 e. The maximum Gasteiger partial charge on any atom is 0.433 e. The molecule has 29 heavy (non-hydrogen) atoms. The molecule has 0 N–H and O–H groups in total. The molecule has 2 aromatic carbocycles. The summed E-state index contributed by atoms with van der Waals surface area (Å²) in [6.45, 7) is 0. The molecule has 0 aliphatic carbocycles. The first-order valence-electron chi connectivity index (χ1n) is 8.37. The molecule has 2 heterocycles. The Labute approximate surface area is 162 Å². The number of hydrogen-bond acceptors (Lipinski definition) is 4. The molecule has 0 fully saturated rings. The lowest BCUT2D eigenvalue weighted by atomic mass is 9.95. The van der Waals surface area contributed by atoms with E-state index in [4.69, 9.17) is 0 Å². The van der Waals surface area contributed by atoms with Crippen LogP contribution < -0.4 is 0 Å². The zero-order chi connectivity index (χ0) is 20.6. The lowest BCUT2D eigenvalue weighted by molar-refractivity contribution is -0.141. The van der Waals surface area contributed by atoms with Crippen LogP contribution in [0.3, 0.4) is 0 Å². The summed E-state index contributed by atoms with van der Waals surface area (Å²) in [5.41, 5.74) is 0.641. The SMILES string of the molecule is N#Cc1ccccc1-c1cc(-c2cnnc3nc(C(F)(F)F)ccc23)ccc1F. The monoisotopic (exact) mass is 394 g/mol. The molecule has 0 atom stereocenters. The molecule has 0 aliphatic rings. The van der Waals surface area contributed by atoms with Crippen molar-refractivity contribution in [3.63, 3.8) is 0 Å². The van der Waals surface area contributed by atoms with Gasteiger partial charge in [0.15, 0.2) is 5.65 Å². The maximum absolute atomic E-state index is 14.5. The number of aromatic nitrogens is 3. The number of fused-ring (bicyclic) bond motifs is 1. The van der Waals surface area contributed by atoms with E-state index in [2.05, 4.69) is 15.2 Å². The van der Waals surface area contributed by atoms with E-state index in [0.717, 1.165) is 6.07 Å². The van der Waals surface area contributed by atoms with Gasteiger partial charge in [-0.1, -0.05) is 24.3 Å². The molecular weight excluding hydrogens is 384 g/mol. The highest BCUT2D eigenvalue weighted by Gasteiger charge is 2.32. The van der Waals surface area contributed by atoms with Gasteiger partial charge in [0.25, 0.3) is 0 Å². The molecule has 0 saturated carbocycles. The number of alkyl halides is 3. The van der Waals surface area contributed by atoms with Crippen molar-refractivity contribution < 1.29 is 17.6 Å². The van der Waals surface area contributed by atoms with Crippen molar-refractivity contribution in [2.24, 2.45) is 0 Å². The van der Waals surface area contributed by atoms with Gasteiger partial charge in [-0.2, -0.15) is 23.5 Å². The molecule has 4 aromatic rings. The summed E-state index contributed by atoms with van der Waals surface area (Å²) in [5.74, 6) is -0.528. The standard InChI is InChI=1S/C21H10F4N4/c22-18-7-5-12(9-16(18)14-4-2-1-3-13(14)10-26)17-11-27-29-20-15(17)6-8-19(28-20)21(23,24)25/h1-9,11H. The van der Waals surface area contributed by atoms with Crippen LogP contribution in [-0.2, 0) is 6.18 Å². The number of nitrogens with zero attached hydrogens (tertiary/aromatic N) is 4. The first kappa shape index (κ1) is 18.5. The number of benzene rings is 2. The lowest BCUT2D eigenvalue weighted by Gasteiger charge is -2.11. The Kier molecular flexibility index (Phi) is 4.43. The van der Waals surface area contributed by atoms with Gasteiger partial charge in [-0.15, -0.1) is 5.10 Å². The molecule has 4 rings (SSSR count). The molecule has 0 aliphatic heterocycles. The first-order chi connectivity index (χ1) is 13.9. The van der Waals surface area contributed by atoms with Crippen LogP contribution >= 0.6 is 0 Å². The molecule has 2 aromatic heterocycles. The van der Waals surface area contributed by atoms with Gasteiger partial charge in [-0.05, 0) is 35.9 Å². The molecule has 142 valence electrons. The van der Waals surface area contributed by atoms with Crippen molar-refractivity contribution in [1.29, 1.82) is 5.26 Å². The Balaban J connectivity index is 1.90. The third kappa shape index (κ3) is 3.38. The molecule has 0 unspecified atom stereocenters. The lowest BCUT2D eigenvalue weighted by Crippen LogP contribution is -2.08. The van der Waals surface area contributed by atoms with Crippen LogP contribution in [0.25, 0.3) is 33.3 Å². The van der Waals surface area contributed by atoms with E-state index < -0.39 is 17.7 Å². The molecule has 0 saturated heterocycles. The normalized spacial score (nSPS) is 11.4. The van der Waals surface area contributed by atoms with E-state index >= 15 is 0 Å². The van der Waals surface area contributed by atoms with Gasteiger partial charge in [0.1, 0.15) is 11.5 Å². The molecule has 0 spiro atoms. The number of hydrogen-bond donors (Lipinski definition) is 0.